The number of rotatable bonds is 9. The molecule has 0 saturated heterocycles. The average molecular weight is 632 g/mol. The number of aryl methyl sites for hydroxylation is 1. The number of carbonyl (C=O) groups is 1. The van der Waals surface area contributed by atoms with E-state index in [4.69, 9.17) is 9.47 Å². The second kappa shape index (κ2) is 13.1. The molecule has 0 fully saturated rings. The molecule has 0 saturated carbocycles. The van der Waals surface area contributed by atoms with E-state index in [2.05, 4.69) is 37.2 Å². The largest absolute Gasteiger partial charge is 0.489 e. The summed E-state index contributed by atoms with van der Waals surface area (Å²) in [7, 11) is 0. The van der Waals surface area contributed by atoms with Gasteiger partial charge in [-0.25, -0.2) is 0 Å². The number of halogens is 2. The smallest absolute Gasteiger partial charge is 0.266 e. The standard InChI is InChI=1S/C31H24Br2N2O3/c1-21-2-4-22(5-3-21)20-38-30-15-10-27(33)17-24(30)16-25(18-34)31(36)35-28-11-13-29(14-12-28)37-19-23-6-8-26(32)9-7-23/h2-17H,19-20H2,1H3,(H,35,36)/b25-16+. The molecule has 0 aliphatic carbocycles. The zero-order valence-electron chi connectivity index (χ0n) is 20.6. The summed E-state index contributed by atoms with van der Waals surface area (Å²) < 4.78 is 13.6. The van der Waals surface area contributed by atoms with E-state index < -0.39 is 5.91 Å². The van der Waals surface area contributed by atoms with E-state index in [0.29, 0.717) is 36.0 Å². The SMILES string of the molecule is Cc1ccc(COc2ccc(Br)cc2/C=C(\C#N)C(=O)Nc2ccc(OCc3ccc(Br)cc3)cc2)cc1. The molecular weight excluding hydrogens is 608 g/mol. The molecule has 38 heavy (non-hydrogen) atoms. The zero-order valence-corrected chi connectivity index (χ0v) is 23.8. The molecule has 0 unspecified atom stereocenters. The Kier molecular flexibility index (Phi) is 9.36. The van der Waals surface area contributed by atoms with Gasteiger partial charge in [-0.3, -0.25) is 4.79 Å². The first kappa shape index (κ1) is 27.2. The van der Waals surface area contributed by atoms with Crippen LogP contribution in [0.2, 0.25) is 0 Å². The van der Waals surface area contributed by atoms with Gasteiger partial charge in [-0.15, -0.1) is 0 Å². The van der Waals surface area contributed by atoms with Crippen LogP contribution in [0, 0.1) is 18.3 Å². The van der Waals surface area contributed by atoms with E-state index in [9.17, 15) is 10.1 Å². The Morgan fingerprint density at radius 1 is 0.842 bits per heavy atom. The molecule has 5 nitrogen and oxygen atoms in total. The maximum atomic E-state index is 12.9. The third-order valence-corrected chi connectivity index (χ3v) is 6.60. The molecule has 1 amide bonds. The molecular formula is C31H24Br2N2O3. The number of nitrogens with one attached hydrogen (secondary N) is 1. The lowest BCUT2D eigenvalue weighted by molar-refractivity contribution is -0.112. The molecule has 0 heterocycles. The number of benzene rings is 4. The minimum atomic E-state index is -0.513. The number of nitrogens with zero attached hydrogens (tertiary/aromatic N) is 1. The van der Waals surface area contributed by atoms with Gasteiger partial charge in [0.1, 0.15) is 36.4 Å². The van der Waals surface area contributed by atoms with Gasteiger partial charge in [-0.05, 0) is 78.7 Å². The maximum Gasteiger partial charge on any atom is 0.266 e. The molecule has 4 aromatic rings. The van der Waals surface area contributed by atoms with E-state index in [0.717, 1.165) is 20.1 Å². The quantitative estimate of drug-likeness (QED) is 0.149. The lowest BCUT2D eigenvalue weighted by Gasteiger charge is -2.11. The molecule has 0 aliphatic heterocycles. The first-order valence-corrected chi connectivity index (χ1v) is 13.4. The van der Waals surface area contributed by atoms with Crippen molar-refractivity contribution >= 4 is 49.5 Å². The van der Waals surface area contributed by atoms with Crippen LogP contribution in [0.25, 0.3) is 6.08 Å². The summed E-state index contributed by atoms with van der Waals surface area (Å²) in [5.41, 5.74) is 4.37. The Morgan fingerprint density at radius 3 is 2.11 bits per heavy atom. The van der Waals surface area contributed by atoms with Gasteiger partial charge in [0.2, 0.25) is 0 Å². The van der Waals surface area contributed by atoms with Crippen LogP contribution in [-0.2, 0) is 18.0 Å². The average Bonchev–Trinajstić information content (AvgIpc) is 2.92. The van der Waals surface area contributed by atoms with Crippen LogP contribution in [0.1, 0.15) is 22.3 Å². The maximum absolute atomic E-state index is 12.9. The fourth-order valence-corrected chi connectivity index (χ4v) is 4.14. The van der Waals surface area contributed by atoms with Crippen LogP contribution >= 0.6 is 31.9 Å². The lowest BCUT2D eigenvalue weighted by atomic mass is 10.1. The van der Waals surface area contributed by atoms with Crippen LogP contribution in [0.3, 0.4) is 0 Å². The summed E-state index contributed by atoms with van der Waals surface area (Å²) >= 11 is 6.88. The Balaban J connectivity index is 1.41. The van der Waals surface area contributed by atoms with E-state index in [-0.39, 0.29) is 5.57 Å². The highest BCUT2D eigenvalue weighted by atomic mass is 79.9. The topological polar surface area (TPSA) is 71.3 Å². The molecule has 1 N–H and O–H groups in total. The highest BCUT2D eigenvalue weighted by molar-refractivity contribution is 9.10. The second-order valence-corrected chi connectivity index (χ2v) is 10.4. The minimum absolute atomic E-state index is 0.0427. The van der Waals surface area contributed by atoms with Crippen molar-refractivity contribution in [3.8, 4) is 17.6 Å². The Bertz CT molecular complexity index is 1470. The fraction of sp³-hybridized carbons (Fsp3) is 0.0968. The van der Waals surface area contributed by atoms with Gasteiger partial charge in [0.05, 0.1) is 0 Å². The normalized spacial score (nSPS) is 10.9. The Hall–Kier alpha value is -3.86. The predicted octanol–water partition coefficient (Wildman–Crippen LogP) is 8.22. The number of carbonyl (C=O) groups excluding carboxylic acids is 1. The van der Waals surface area contributed by atoms with Crippen LogP contribution in [0.4, 0.5) is 5.69 Å². The van der Waals surface area contributed by atoms with Crippen molar-refractivity contribution in [2.24, 2.45) is 0 Å². The summed E-state index contributed by atoms with van der Waals surface area (Å²) in [6.45, 7) is 2.83. The van der Waals surface area contributed by atoms with Crippen LogP contribution in [0.5, 0.6) is 11.5 Å². The molecule has 0 atom stereocenters. The molecule has 0 aromatic heterocycles. The number of amides is 1. The summed E-state index contributed by atoms with van der Waals surface area (Å²) in [6, 6.07) is 30.5. The lowest BCUT2D eigenvalue weighted by Crippen LogP contribution is -2.13. The summed E-state index contributed by atoms with van der Waals surface area (Å²) in [6.07, 6.45) is 1.53. The minimum Gasteiger partial charge on any atom is -0.489 e. The molecule has 190 valence electrons. The highest BCUT2D eigenvalue weighted by Gasteiger charge is 2.12. The molecule has 0 bridgehead atoms. The van der Waals surface area contributed by atoms with Gasteiger partial charge < -0.3 is 14.8 Å². The van der Waals surface area contributed by atoms with E-state index >= 15 is 0 Å². The van der Waals surface area contributed by atoms with Gasteiger partial charge >= 0.3 is 0 Å². The number of nitriles is 1. The highest BCUT2D eigenvalue weighted by Crippen LogP contribution is 2.27. The molecule has 4 aromatic carbocycles. The summed E-state index contributed by atoms with van der Waals surface area (Å²) in [4.78, 5) is 12.9. The van der Waals surface area contributed by atoms with Crippen molar-refractivity contribution < 1.29 is 14.3 Å². The first-order chi connectivity index (χ1) is 18.4. The molecule has 0 spiro atoms. The third kappa shape index (κ3) is 7.82. The van der Waals surface area contributed by atoms with Crippen LogP contribution in [0.15, 0.2) is 106 Å². The van der Waals surface area contributed by atoms with E-state index in [1.807, 2.05) is 79.7 Å². The van der Waals surface area contributed by atoms with Crippen molar-refractivity contribution in [3.05, 3.63) is 128 Å². The van der Waals surface area contributed by atoms with Crippen molar-refractivity contribution in [2.45, 2.75) is 20.1 Å². The number of ether oxygens (including phenoxy) is 2. The molecule has 4 rings (SSSR count). The van der Waals surface area contributed by atoms with Crippen molar-refractivity contribution in [2.75, 3.05) is 5.32 Å². The van der Waals surface area contributed by atoms with Gasteiger partial charge in [-0.1, -0.05) is 73.8 Å². The number of anilines is 1. The van der Waals surface area contributed by atoms with Crippen LogP contribution < -0.4 is 14.8 Å². The summed E-state index contributed by atoms with van der Waals surface area (Å²) in [5, 5.41) is 12.5. The van der Waals surface area contributed by atoms with Crippen molar-refractivity contribution in [1.29, 1.82) is 5.26 Å². The van der Waals surface area contributed by atoms with E-state index in [1.54, 1.807) is 24.3 Å². The first-order valence-electron chi connectivity index (χ1n) is 11.8. The number of hydrogen-bond donors (Lipinski definition) is 1. The Labute approximate surface area is 239 Å². The van der Waals surface area contributed by atoms with E-state index in [1.165, 1.54) is 11.6 Å². The number of hydrogen-bond acceptors (Lipinski definition) is 4. The van der Waals surface area contributed by atoms with Gasteiger partial charge in [-0.2, -0.15) is 5.26 Å². The van der Waals surface area contributed by atoms with Gasteiger partial charge in [0.15, 0.2) is 0 Å². The zero-order chi connectivity index (χ0) is 26.9. The molecule has 0 radical (unpaired) electrons. The Morgan fingerprint density at radius 2 is 1.45 bits per heavy atom. The monoisotopic (exact) mass is 630 g/mol. The second-order valence-electron chi connectivity index (χ2n) is 8.52. The molecule has 7 heteroatoms. The van der Waals surface area contributed by atoms with Gasteiger partial charge in [0, 0.05) is 20.2 Å². The van der Waals surface area contributed by atoms with Crippen molar-refractivity contribution in [1.82, 2.24) is 0 Å². The fourth-order valence-electron chi connectivity index (χ4n) is 3.49. The van der Waals surface area contributed by atoms with Crippen LogP contribution in [-0.4, -0.2) is 5.91 Å². The van der Waals surface area contributed by atoms with Gasteiger partial charge in [0.25, 0.3) is 5.91 Å². The predicted molar refractivity (Wildman–Crippen MR) is 157 cm³/mol. The van der Waals surface area contributed by atoms with Crippen molar-refractivity contribution in [3.63, 3.8) is 0 Å². The summed E-state index contributed by atoms with van der Waals surface area (Å²) in [5.74, 6) is 0.730. The molecule has 0 aliphatic rings. The third-order valence-electron chi connectivity index (χ3n) is 5.58.